The second kappa shape index (κ2) is 7.76. The Hall–Kier alpha value is -4.06. The third-order valence-electron chi connectivity index (χ3n) is 6.42. The fraction of sp³-hybridized carbons (Fsp3) is 0.143. The van der Waals surface area contributed by atoms with E-state index in [-0.39, 0.29) is 0 Å². The zero-order chi connectivity index (χ0) is 22.5. The van der Waals surface area contributed by atoms with Crippen LogP contribution in [0.25, 0.3) is 0 Å². The monoisotopic (exact) mass is 442 g/mol. The molecule has 6 heteroatoms. The molecule has 34 heavy (non-hydrogen) atoms. The molecular formula is C28H22N6. The Balaban J connectivity index is 1.32. The van der Waals surface area contributed by atoms with E-state index in [0.29, 0.717) is 26.2 Å². The number of hydrogen-bond donors (Lipinski definition) is 0. The summed E-state index contributed by atoms with van der Waals surface area (Å²) in [5.41, 5.74) is 8.60. The van der Waals surface area contributed by atoms with Gasteiger partial charge in [0, 0.05) is 0 Å². The molecule has 5 heterocycles. The first kappa shape index (κ1) is 19.4. The molecule has 0 saturated heterocycles. The summed E-state index contributed by atoms with van der Waals surface area (Å²) >= 11 is 0. The SMILES string of the molecule is [C]1N2Cc3cccc(n3)CN3[C]N(Cc4cccc(n4)CN1c1ccccc12)c1ccccc13. The van der Waals surface area contributed by atoms with E-state index in [9.17, 15) is 0 Å². The maximum atomic E-state index is 4.99. The van der Waals surface area contributed by atoms with Crippen LogP contribution in [0, 0.1) is 13.3 Å². The number of fused-ring (bicyclic) bond motifs is 14. The molecule has 6 nitrogen and oxygen atoms in total. The van der Waals surface area contributed by atoms with E-state index in [0.717, 1.165) is 45.5 Å². The third kappa shape index (κ3) is 3.34. The number of pyridine rings is 2. The Morgan fingerprint density at radius 3 is 1.00 bits per heavy atom. The lowest BCUT2D eigenvalue weighted by atomic mass is 10.2. The van der Waals surface area contributed by atoms with Gasteiger partial charge in [-0.05, 0) is 48.5 Å². The van der Waals surface area contributed by atoms with Crippen molar-refractivity contribution in [2.24, 2.45) is 0 Å². The predicted octanol–water partition coefficient (Wildman–Crippen LogP) is 4.84. The molecule has 0 unspecified atom stereocenters. The number of rotatable bonds is 0. The normalized spacial score (nSPS) is 16.5. The van der Waals surface area contributed by atoms with Crippen LogP contribution in [0.4, 0.5) is 22.7 Å². The summed E-state index contributed by atoms with van der Waals surface area (Å²) in [6.45, 7) is 9.74. The number of para-hydroxylation sites is 4. The molecule has 4 aromatic rings. The smallest absolute Gasteiger partial charge is 0.209 e. The van der Waals surface area contributed by atoms with Crippen molar-refractivity contribution in [3.63, 3.8) is 0 Å². The van der Waals surface area contributed by atoms with Gasteiger partial charge in [0.2, 0.25) is 13.3 Å². The largest absolute Gasteiger partial charge is 0.334 e. The molecular weight excluding hydrogens is 420 g/mol. The van der Waals surface area contributed by atoms with Crippen LogP contribution in [-0.2, 0) is 26.2 Å². The number of nitrogens with zero attached hydrogens (tertiary/aromatic N) is 6. The molecule has 164 valence electrons. The van der Waals surface area contributed by atoms with Crippen molar-refractivity contribution in [2.45, 2.75) is 26.2 Å². The lowest BCUT2D eigenvalue weighted by molar-refractivity contribution is 0.778. The molecule has 2 aromatic carbocycles. The Bertz CT molecular complexity index is 1170. The van der Waals surface area contributed by atoms with Crippen LogP contribution < -0.4 is 19.6 Å². The Morgan fingerprint density at radius 1 is 0.412 bits per heavy atom. The van der Waals surface area contributed by atoms with Gasteiger partial charge in [-0.1, -0.05) is 36.4 Å². The highest BCUT2D eigenvalue weighted by Crippen LogP contribution is 2.41. The minimum absolute atomic E-state index is 0.658. The summed E-state index contributed by atoms with van der Waals surface area (Å²) in [4.78, 5) is 18.6. The van der Waals surface area contributed by atoms with E-state index in [1.165, 1.54) is 0 Å². The zero-order valence-electron chi connectivity index (χ0n) is 18.6. The minimum Gasteiger partial charge on any atom is -0.334 e. The van der Waals surface area contributed by atoms with Gasteiger partial charge in [0.05, 0.1) is 71.7 Å². The summed E-state index contributed by atoms with van der Waals surface area (Å²) < 4.78 is 0. The van der Waals surface area contributed by atoms with Crippen molar-refractivity contribution < 1.29 is 0 Å². The molecule has 0 fully saturated rings. The summed E-state index contributed by atoms with van der Waals surface area (Å²) in [5.74, 6) is 0. The van der Waals surface area contributed by atoms with E-state index in [1.54, 1.807) is 0 Å². The van der Waals surface area contributed by atoms with Gasteiger partial charge in [0.25, 0.3) is 0 Å². The van der Waals surface area contributed by atoms with E-state index < -0.39 is 0 Å². The van der Waals surface area contributed by atoms with E-state index >= 15 is 0 Å². The van der Waals surface area contributed by atoms with Gasteiger partial charge in [-0.3, -0.25) is 9.97 Å². The highest BCUT2D eigenvalue weighted by Gasteiger charge is 2.30. The van der Waals surface area contributed by atoms with Gasteiger partial charge in [-0.2, -0.15) is 0 Å². The molecule has 0 amide bonds. The zero-order valence-corrected chi connectivity index (χ0v) is 18.6. The second-order valence-corrected chi connectivity index (χ2v) is 8.76. The first-order valence-corrected chi connectivity index (χ1v) is 11.5. The minimum atomic E-state index is 0.658. The molecule has 8 bridgehead atoms. The average Bonchev–Trinajstić information content (AvgIpc) is 3.37. The van der Waals surface area contributed by atoms with E-state index in [2.05, 4.69) is 118 Å². The molecule has 3 aliphatic heterocycles. The summed E-state index contributed by atoms with van der Waals surface area (Å²) in [7, 11) is 0. The first-order chi connectivity index (χ1) is 16.8. The van der Waals surface area contributed by atoms with Crippen LogP contribution in [0.5, 0.6) is 0 Å². The number of benzene rings is 2. The molecule has 3 aliphatic rings. The van der Waals surface area contributed by atoms with Crippen LogP contribution in [-0.4, -0.2) is 9.97 Å². The maximum Gasteiger partial charge on any atom is 0.209 e. The van der Waals surface area contributed by atoms with Crippen LogP contribution in [0.1, 0.15) is 22.8 Å². The van der Waals surface area contributed by atoms with Crippen LogP contribution >= 0.6 is 0 Å². The summed E-state index contributed by atoms with van der Waals surface area (Å²) in [5, 5.41) is 0. The molecule has 7 rings (SSSR count). The van der Waals surface area contributed by atoms with Crippen LogP contribution in [0.2, 0.25) is 0 Å². The van der Waals surface area contributed by atoms with E-state index in [4.69, 9.17) is 9.97 Å². The molecule has 0 atom stereocenters. The summed E-state index contributed by atoms with van der Waals surface area (Å²) in [6.07, 6.45) is 0. The molecule has 0 aliphatic carbocycles. The van der Waals surface area contributed by atoms with Crippen molar-refractivity contribution in [3.05, 3.63) is 121 Å². The predicted molar refractivity (Wildman–Crippen MR) is 133 cm³/mol. The van der Waals surface area contributed by atoms with Crippen molar-refractivity contribution in [3.8, 4) is 0 Å². The van der Waals surface area contributed by atoms with Gasteiger partial charge in [0.15, 0.2) is 0 Å². The average molecular weight is 443 g/mol. The van der Waals surface area contributed by atoms with Gasteiger partial charge in [0.1, 0.15) is 0 Å². The van der Waals surface area contributed by atoms with Gasteiger partial charge in [-0.25, -0.2) is 0 Å². The van der Waals surface area contributed by atoms with Crippen LogP contribution in [0.15, 0.2) is 84.9 Å². The van der Waals surface area contributed by atoms with Crippen LogP contribution in [0.3, 0.4) is 0 Å². The standard InChI is InChI=1S/C28H22N6/c1-2-12-26-25(11-1)31-15-21-7-5-9-23(29-21)17-33-20-34(28-14-4-3-13-27(28)33)18-24-10-6-8-22(30-24)16-32(26)19-31/h1-14H,15-18H2. The Morgan fingerprint density at radius 2 is 0.706 bits per heavy atom. The number of aromatic nitrogens is 2. The molecule has 0 saturated carbocycles. The van der Waals surface area contributed by atoms with Gasteiger partial charge < -0.3 is 19.6 Å². The van der Waals surface area contributed by atoms with Gasteiger partial charge >= 0.3 is 0 Å². The highest BCUT2D eigenvalue weighted by molar-refractivity contribution is 5.79. The highest BCUT2D eigenvalue weighted by atomic mass is 15.4. The Labute approximate surface area is 199 Å². The van der Waals surface area contributed by atoms with Crippen molar-refractivity contribution in [1.82, 2.24) is 9.97 Å². The van der Waals surface area contributed by atoms with E-state index in [1.807, 2.05) is 0 Å². The van der Waals surface area contributed by atoms with Crippen molar-refractivity contribution >= 4 is 22.7 Å². The first-order valence-electron chi connectivity index (χ1n) is 11.5. The molecule has 0 N–H and O–H groups in total. The lowest BCUT2D eigenvalue weighted by Crippen LogP contribution is -2.27. The number of anilines is 4. The topological polar surface area (TPSA) is 38.7 Å². The molecule has 4 radical (unpaired) electrons. The summed E-state index contributed by atoms with van der Waals surface area (Å²) in [6, 6.07) is 29.4. The van der Waals surface area contributed by atoms with Gasteiger partial charge in [-0.15, -0.1) is 0 Å². The fourth-order valence-electron chi connectivity index (χ4n) is 4.89. The lowest BCUT2D eigenvalue weighted by Gasteiger charge is -2.22. The number of hydrogen-bond acceptors (Lipinski definition) is 6. The quantitative estimate of drug-likeness (QED) is 0.388. The van der Waals surface area contributed by atoms with Crippen molar-refractivity contribution in [2.75, 3.05) is 19.6 Å². The Kier molecular flexibility index (Phi) is 4.43. The molecule has 0 spiro atoms. The third-order valence-corrected chi connectivity index (χ3v) is 6.42. The molecule has 2 aromatic heterocycles. The van der Waals surface area contributed by atoms with Crippen molar-refractivity contribution in [1.29, 1.82) is 0 Å². The second-order valence-electron chi connectivity index (χ2n) is 8.76. The fourth-order valence-corrected chi connectivity index (χ4v) is 4.89. The maximum absolute atomic E-state index is 4.99.